The quantitative estimate of drug-likeness (QED) is 0.351. The molecule has 4 rings (SSSR count). The molecule has 212 valence electrons. The molecule has 3 aromatic rings. The second kappa shape index (κ2) is 12.9. The summed E-state index contributed by atoms with van der Waals surface area (Å²) in [6.45, 7) is 3.27. The molecule has 11 nitrogen and oxygen atoms in total. The number of carbonyl (C=O) groups excluding carboxylic acids is 1. The number of nitrogens with one attached hydrogen (secondary N) is 2. The molecule has 0 saturated carbocycles. The second-order valence-electron chi connectivity index (χ2n) is 7.90. The molecule has 0 bridgehead atoms. The molecule has 0 unspecified atom stereocenters. The number of halogens is 6. The van der Waals surface area contributed by atoms with Gasteiger partial charge in [0.05, 0.1) is 17.3 Å². The Kier molecular flexibility index (Phi) is 10.2. The van der Waals surface area contributed by atoms with Gasteiger partial charge in [-0.15, -0.1) is 0 Å². The smallest absolute Gasteiger partial charge is 0.475 e. The number of amides is 1. The first-order valence-corrected chi connectivity index (χ1v) is 10.8. The number of aromatic amines is 1. The van der Waals surface area contributed by atoms with E-state index < -0.39 is 24.3 Å². The number of carboxylic acid groups (broad SMARTS) is 2. The highest BCUT2D eigenvalue weighted by molar-refractivity contribution is 5.99. The molecule has 0 aliphatic carbocycles. The summed E-state index contributed by atoms with van der Waals surface area (Å²) in [5, 5.41) is 25.5. The average Bonchev–Trinajstić information content (AvgIpc) is 3.32. The maximum Gasteiger partial charge on any atom is 0.490 e. The number of alkyl halides is 6. The van der Waals surface area contributed by atoms with Gasteiger partial charge < -0.3 is 25.3 Å². The first-order chi connectivity index (χ1) is 18.1. The van der Waals surface area contributed by atoms with Gasteiger partial charge in [0.15, 0.2) is 0 Å². The molecule has 3 heterocycles. The predicted octanol–water partition coefficient (Wildman–Crippen LogP) is 3.36. The van der Waals surface area contributed by atoms with E-state index in [1.807, 2.05) is 29.2 Å². The van der Waals surface area contributed by atoms with Crippen LogP contribution in [0.3, 0.4) is 0 Å². The third-order valence-electron chi connectivity index (χ3n) is 5.02. The monoisotopic (exact) mass is 564 g/mol. The van der Waals surface area contributed by atoms with Gasteiger partial charge in [0.1, 0.15) is 5.82 Å². The van der Waals surface area contributed by atoms with Gasteiger partial charge in [0.25, 0.3) is 5.91 Å². The van der Waals surface area contributed by atoms with Gasteiger partial charge in [-0.2, -0.15) is 31.4 Å². The molecule has 0 radical (unpaired) electrons. The third kappa shape index (κ3) is 9.44. The number of pyridine rings is 1. The molecule has 1 aromatic carbocycles. The zero-order valence-corrected chi connectivity index (χ0v) is 20.0. The fraction of sp³-hybridized carbons (Fsp3) is 0.318. The van der Waals surface area contributed by atoms with E-state index in [4.69, 9.17) is 19.8 Å². The van der Waals surface area contributed by atoms with Gasteiger partial charge in [0, 0.05) is 43.4 Å². The number of rotatable bonds is 3. The van der Waals surface area contributed by atoms with E-state index in [2.05, 4.69) is 32.4 Å². The van der Waals surface area contributed by atoms with Crippen molar-refractivity contribution in [3.63, 3.8) is 0 Å². The summed E-state index contributed by atoms with van der Waals surface area (Å²) in [4.78, 5) is 39.2. The van der Waals surface area contributed by atoms with Crippen LogP contribution in [0.25, 0.3) is 10.9 Å². The second-order valence-corrected chi connectivity index (χ2v) is 7.90. The minimum atomic E-state index is -5.08. The van der Waals surface area contributed by atoms with Crippen LogP contribution in [-0.2, 0) is 9.59 Å². The lowest BCUT2D eigenvalue weighted by atomic mass is 10.2. The fourth-order valence-corrected chi connectivity index (χ4v) is 3.01. The van der Waals surface area contributed by atoms with Crippen molar-refractivity contribution in [2.75, 3.05) is 38.5 Å². The highest BCUT2D eigenvalue weighted by atomic mass is 19.4. The van der Waals surface area contributed by atoms with Gasteiger partial charge in [-0.3, -0.25) is 9.89 Å². The molecule has 2 aromatic heterocycles. The van der Waals surface area contributed by atoms with Crippen LogP contribution in [0.5, 0.6) is 0 Å². The molecule has 0 atom stereocenters. The first kappa shape index (κ1) is 30.8. The lowest BCUT2D eigenvalue weighted by molar-refractivity contribution is -0.193. The number of carbonyl (C=O) groups is 3. The normalized spacial score (nSPS) is 14.0. The van der Waals surface area contributed by atoms with Crippen molar-refractivity contribution in [2.45, 2.75) is 12.4 Å². The number of aromatic nitrogens is 3. The fourth-order valence-electron chi connectivity index (χ4n) is 3.01. The van der Waals surface area contributed by atoms with Gasteiger partial charge >= 0.3 is 24.3 Å². The number of anilines is 2. The van der Waals surface area contributed by atoms with Crippen LogP contribution in [0.1, 0.15) is 10.4 Å². The number of fused-ring (bicyclic) bond motifs is 1. The van der Waals surface area contributed by atoms with Crippen LogP contribution in [0.15, 0.2) is 42.7 Å². The highest BCUT2D eigenvalue weighted by Gasteiger charge is 2.38. The zero-order chi connectivity index (χ0) is 29.4. The summed E-state index contributed by atoms with van der Waals surface area (Å²) >= 11 is 0. The SMILES string of the molecule is CN1CCN(C(=O)c2cccnc2Nc2ccc3[nH]ncc3c2)CC1.O=C(O)C(F)(F)F.O=C(O)C(F)(F)F. The Hall–Kier alpha value is -4.41. The summed E-state index contributed by atoms with van der Waals surface area (Å²) in [6, 6.07) is 9.51. The first-order valence-electron chi connectivity index (χ1n) is 10.8. The third-order valence-corrected chi connectivity index (χ3v) is 5.02. The molecule has 4 N–H and O–H groups in total. The van der Waals surface area contributed by atoms with Crippen LogP contribution in [-0.4, -0.2) is 98.6 Å². The van der Waals surface area contributed by atoms with Crippen molar-refractivity contribution in [2.24, 2.45) is 0 Å². The number of hydrogen-bond acceptors (Lipinski definition) is 7. The van der Waals surface area contributed by atoms with Gasteiger partial charge in [0.2, 0.25) is 0 Å². The largest absolute Gasteiger partial charge is 0.490 e. The van der Waals surface area contributed by atoms with Crippen LogP contribution < -0.4 is 5.32 Å². The number of hydrogen-bond donors (Lipinski definition) is 4. The average molecular weight is 564 g/mol. The van der Waals surface area contributed by atoms with Crippen molar-refractivity contribution in [3.05, 3.63) is 48.3 Å². The zero-order valence-electron chi connectivity index (χ0n) is 20.0. The summed E-state index contributed by atoms with van der Waals surface area (Å²) in [7, 11) is 2.07. The van der Waals surface area contributed by atoms with Crippen molar-refractivity contribution < 1.29 is 50.9 Å². The molecule has 1 saturated heterocycles. The van der Waals surface area contributed by atoms with Gasteiger partial charge in [-0.05, 0) is 37.4 Å². The molecule has 17 heteroatoms. The summed E-state index contributed by atoms with van der Waals surface area (Å²) in [5.41, 5.74) is 2.44. The van der Waals surface area contributed by atoms with E-state index in [0.29, 0.717) is 11.4 Å². The Balaban J connectivity index is 0.000000317. The standard InChI is InChI=1S/C18H20N6O.2C2HF3O2/c1-23-7-9-24(10-8-23)18(25)15-3-2-6-19-17(15)21-14-4-5-16-13(11-14)12-20-22-16;2*3-2(4,5)1(6)7/h2-6,11-12H,7-10H2,1H3,(H,19,21)(H,20,22);2*(H,6,7). The van der Waals surface area contributed by atoms with Crippen LogP contribution in [0, 0.1) is 0 Å². The lowest BCUT2D eigenvalue weighted by Crippen LogP contribution is -2.47. The van der Waals surface area contributed by atoms with Crippen molar-refractivity contribution >= 4 is 40.3 Å². The summed E-state index contributed by atoms with van der Waals surface area (Å²) in [6.07, 6.45) is -6.70. The van der Waals surface area contributed by atoms with Crippen LogP contribution in [0.2, 0.25) is 0 Å². The molecule has 1 aliphatic rings. The number of benzene rings is 1. The number of likely N-dealkylation sites (N-methyl/N-ethyl adjacent to an activating group) is 1. The molecule has 1 amide bonds. The number of nitrogens with zero attached hydrogens (tertiary/aromatic N) is 4. The Morgan fingerprint density at radius 1 is 0.949 bits per heavy atom. The Bertz CT molecular complexity index is 1260. The van der Waals surface area contributed by atoms with E-state index in [-0.39, 0.29) is 5.91 Å². The topological polar surface area (TPSA) is 152 Å². The summed E-state index contributed by atoms with van der Waals surface area (Å²) in [5.74, 6) is -4.91. The van der Waals surface area contributed by atoms with Crippen molar-refractivity contribution in [3.8, 4) is 0 Å². The van der Waals surface area contributed by atoms with E-state index in [9.17, 15) is 31.1 Å². The highest BCUT2D eigenvalue weighted by Crippen LogP contribution is 2.23. The van der Waals surface area contributed by atoms with E-state index in [1.54, 1.807) is 18.5 Å². The molecular weight excluding hydrogens is 542 g/mol. The molecule has 1 fully saturated rings. The van der Waals surface area contributed by atoms with E-state index in [1.165, 1.54) is 0 Å². The van der Waals surface area contributed by atoms with Gasteiger partial charge in [-0.25, -0.2) is 14.6 Å². The molecular formula is C22H22F6N6O5. The number of H-pyrrole nitrogens is 1. The maximum atomic E-state index is 12.9. The number of aliphatic carboxylic acids is 2. The van der Waals surface area contributed by atoms with Crippen molar-refractivity contribution in [1.82, 2.24) is 25.0 Å². The van der Waals surface area contributed by atoms with Gasteiger partial charge in [-0.1, -0.05) is 0 Å². The number of carboxylic acids is 2. The number of piperazine rings is 1. The predicted molar refractivity (Wildman–Crippen MR) is 124 cm³/mol. The van der Waals surface area contributed by atoms with E-state index in [0.717, 1.165) is 42.8 Å². The van der Waals surface area contributed by atoms with Crippen molar-refractivity contribution in [1.29, 1.82) is 0 Å². The summed E-state index contributed by atoms with van der Waals surface area (Å²) < 4.78 is 63.5. The van der Waals surface area contributed by atoms with Crippen LogP contribution >= 0.6 is 0 Å². The minimum absolute atomic E-state index is 0.0214. The Morgan fingerprint density at radius 3 is 2.05 bits per heavy atom. The Labute approximate surface area is 216 Å². The van der Waals surface area contributed by atoms with E-state index >= 15 is 0 Å². The minimum Gasteiger partial charge on any atom is -0.475 e. The molecule has 1 aliphatic heterocycles. The Morgan fingerprint density at radius 2 is 1.51 bits per heavy atom. The molecule has 39 heavy (non-hydrogen) atoms. The maximum absolute atomic E-state index is 12.9. The lowest BCUT2D eigenvalue weighted by Gasteiger charge is -2.32. The van der Waals surface area contributed by atoms with Crippen LogP contribution in [0.4, 0.5) is 37.8 Å². The molecule has 0 spiro atoms.